The highest BCUT2D eigenvalue weighted by molar-refractivity contribution is 6.31. The fourth-order valence-electron chi connectivity index (χ4n) is 3.62. The smallest absolute Gasteiger partial charge is 0.235 e. The molecule has 25 heavy (non-hydrogen) atoms. The first kappa shape index (κ1) is 19.7. The Balaban J connectivity index is 2.22. The number of amides is 1. The summed E-state index contributed by atoms with van der Waals surface area (Å²) in [5.41, 5.74) is 0.419. The number of hydrogen-bond acceptors (Lipinski definition) is 3. The van der Waals surface area contributed by atoms with Gasteiger partial charge < -0.3 is 5.32 Å². The van der Waals surface area contributed by atoms with Crippen LogP contribution in [0.15, 0.2) is 18.2 Å². The quantitative estimate of drug-likeness (QED) is 0.781. The van der Waals surface area contributed by atoms with E-state index in [-0.39, 0.29) is 37.4 Å². The van der Waals surface area contributed by atoms with Crippen LogP contribution in [-0.4, -0.2) is 29.9 Å². The van der Waals surface area contributed by atoms with Gasteiger partial charge in [-0.2, -0.15) is 5.26 Å². The van der Waals surface area contributed by atoms with E-state index in [0.717, 1.165) is 12.8 Å². The van der Waals surface area contributed by atoms with Crippen LogP contribution in [0.1, 0.15) is 38.7 Å². The minimum atomic E-state index is -0.355. The number of hydrogen-bond donors (Lipinski definition) is 1. The molecule has 0 bridgehead atoms. The standard InChI is InChI=1S/C19H25ClFN3O/c1-13-5-3-8-18(14(13)2)24(12-19(25)23-10-9-22)11-15-16(20)6-4-7-17(15)21/h4,6-7,13-14,18H,3,5,8,10-12H2,1-2H3,(H,23,25). The maximum Gasteiger partial charge on any atom is 0.235 e. The lowest BCUT2D eigenvalue weighted by atomic mass is 9.77. The van der Waals surface area contributed by atoms with E-state index in [9.17, 15) is 9.18 Å². The number of nitriles is 1. The average Bonchev–Trinajstić information content (AvgIpc) is 2.58. The lowest BCUT2D eigenvalue weighted by molar-refractivity contribution is -0.123. The van der Waals surface area contributed by atoms with Crippen molar-refractivity contribution >= 4 is 17.5 Å². The molecule has 0 radical (unpaired) electrons. The minimum absolute atomic E-state index is 0.0241. The van der Waals surface area contributed by atoms with Gasteiger partial charge in [0.2, 0.25) is 5.91 Å². The highest BCUT2D eigenvalue weighted by Gasteiger charge is 2.33. The molecule has 1 aromatic rings. The molecule has 0 saturated heterocycles. The van der Waals surface area contributed by atoms with Crippen LogP contribution in [0.2, 0.25) is 5.02 Å². The van der Waals surface area contributed by atoms with Gasteiger partial charge in [0.25, 0.3) is 0 Å². The molecule has 1 saturated carbocycles. The molecule has 4 nitrogen and oxygen atoms in total. The van der Waals surface area contributed by atoms with Crippen LogP contribution in [0.5, 0.6) is 0 Å². The Kier molecular flexibility index (Phi) is 7.22. The van der Waals surface area contributed by atoms with Crippen molar-refractivity contribution in [1.29, 1.82) is 5.26 Å². The van der Waals surface area contributed by atoms with E-state index in [1.165, 1.54) is 12.5 Å². The predicted molar refractivity (Wildman–Crippen MR) is 96.4 cm³/mol. The van der Waals surface area contributed by atoms with Crippen molar-refractivity contribution in [2.75, 3.05) is 13.1 Å². The largest absolute Gasteiger partial charge is 0.342 e. The van der Waals surface area contributed by atoms with Crippen molar-refractivity contribution in [3.05, 3.63) is 34.6 Å². The molecular weight excluding hydrogens is 341 g/mol. The van der Waals surface area contributed by atoms with Crippen molar-refractivity contribution in [3.63, 3.8) is 0 Å². The first-order valence-electron chi connectivity index (χ1n) is 8.74. The van der Waals surface area contributed by atoms with Gasteiger partial charge in [-0.3, -0.25) is 9.69 Å². The Hall–Kier alpha value is -1.64. The minimum Gasteiger partial charge on any atom is -0.342 e. The van der Waals surface area contributed by atoms with Crippen LogP contribution in [0, 0.1) is 29.0 Å². The summed E-state index contributed by atoms with van der Waals surface area (Å²) in [5.74, 6) is 0.383. The third-order valence-corrected chi connectivity index (χ3v) is 5.62. The zero-order chi connectivity index (χ0) is 18.4. The van der Waals surface area contributed by atoms with Crippen molar-refractivity contribution in [3.8, 4) is 6.07 Å². The molecule has 0 heterocycles. The van der Waals surface area contributed by atoms with E-state index in [2.05, 4.69) is 19.2 Å². The molecule has 1 aliphatic rings. The van der Waals surface area contributed by atoms with Gasteiger partial charge in [0, 0.05) is 23.2 Å². The summed E-state index contributed by atoms with van der Waals surface area (Å²) in [7, 11) is 0. The van der Waals surface area contributed by atoms with Crippen LogP contribution in [-0.2, 0) is 11.3 Å². The van der Waals surface area contributed by atoms with Gasteiger partial charge in [-0.25, -0.2) is 4.39 Å². The summed E-state index contributed by atoms with van der Waals surface area (Å²) >= 11 is 6.19. The Morgan fingerprint density at radius 1 is 1.44 bits per heavy atom. The molecule has 2 rings (SSSR count). The van der Waals surface area contributed by atoms with Crippen LogP contribution in [0.25, 0.3) is 0 Å². The molecule has 1 aromatic carbocycles. The van der Waals surface area contributed by atoms with E-state index in [1.54, 1.807) is 12.1 Å². The van der Waals surface area contributed by atoms with Gasteiger partial charge in [-0.05, 0) is 30.4 Å². The molecule has 136 valence electrons. The lowest BCUT2D eigenvalue weighted by Crippen LogP contribution is -2.48. The Morgan fingerprint density at radius 3 is 2.88 bits per heavy atom. The predicted octanol–water partition coefficient (Wildman–Crippen LogP) is 3.75. The maximum atomic E-state index is 14.2. The molecule has 6 heteroatoms. The maximum absolute atomic E-state index is 14.2. The number of nitrogens with zero attached hydrogens (tertiary/aromatic N) is 2. The first-order valence-corrected chi connectivity index (χ1v) is 9.12. The molecule has 1 fully saturated rings. The molecule has 1 N–H and O–H groups in total. The van der Waals surface area contributed by atoms with Gasteiger partial charge in [0.15, 0.2) is 0 Å². The molecule has 3 unspecified atom stereocenters. The SMILES string of the molecule is CC1CCCC(N(CC(=O)NCC#N)Cc2c(F)cccc2Cl)C1C. The van der Waals surface area contributed by atoms with Crippen molar-refractivity contribution in [1.82, 2.24) is 10.2 Å². The molecule has 1 amide bonds. The topological polar surface area (TPSA) is 56.1 Å². The van der Waals surface area contributed by atoms with Crippen molar-refractivity contribution in [2.45, 2.75) is 45.7 Å². The van der Waals surface area contributed by atoms with Crippen LogP contribution in [0.4, 0.5) is 4.39 Å². The fraction of sp³-hybridized carbons (Fsp3) is 0.579. The van der Waals surface area contributed by atoms with E-state index >= 15 is 0 Å². The summed E-state index contributed by atoms with van der Waals surface area (Å²) in [4.78, 5) is 14.2. The Bertz CT molecular complexity index is 626. The highest BCUT2D eigenvalue weighted by Crippen LogP contribution is 2.34. The van der Waals surface area contributed by atoms with E-state index in [4.69, 9.17) is 16.9 Å². The lowest BCUT2D eigenvalue weighted by Gasteiger charge is -2.41. The van der Waals surface area contributed by atoms with E-state index in [1.807, 2.05) is 11.0 Å². The van der Waals surface area contributed by atoms with E-state index < -0.39 is 0 Å². The first-order chi connectivity index (χ1) is 11.9. The van der Waals surface area contributed by atoms with Crippen molar-refractivity contribution < 1.29 is 9.18 Å². The number of halogens is 2. The summed E-state index contributed by atoms with van der Waals surface area (Å²) in [6, 6.07) is 6.73. The summed E-state index contributed by atoms with van der Waals surface area (Å²) in [6.07, 6.45) is 3.24. The third kappa shape index (κ3) is 5.17. The number of nitrogens with one attached hydrogen (secondary N) is 1. The molecule has 0 aromatic heterocycles. The second-order valence-corrected chi connectivity index (χ2v) is 7.28. The van der Waals surface area contributed by atoms with Gasteiger partial charge >= 0.3 is 0 Å². The third-order valence-electron chi connectivity index (χ3n) is 5.27. The summed E-state index contributed by atoms with van der Waals surface area (Å²) in [5, 5.41) is 11.6. The van der Waals surface area contributed by atoms with Gasteiger partial charge in [0.1, 0.15) is 12.4 Å². The second kappa shape index (κ2) is 9.17. The Labute approximate surface area is 154 Å². The zero-order valence-corrected chi connectivity index (χ0v) is 15.5. The van der Waals surface area contributed by atoms with Gasteiger partial charge in [-0.1, -0.05) is 44.4 Å². The summed E-state index contributed by atoms with van der Waals surface area (Å²) in [6.45, 7) is 4.81. The van der Waals surface area contributed by atoms with Crippen molar-refractivity contribution in [2.24, 2.45) is 11.8 Å². The normalized spacial score (nSPS) is 23.3. The fourth-order valence-corrected chi connectivity index (χ4v) is 3.85. The Morgan fingerprint density at radius 2 is 2.20 bits per heavy atom. The van der Waals surface area contributed by atoms with Crippen LogP contribution < -0.4 is 5.32 Å². The summed E-state index contributed by atoms with van der Waals surface area (Å²) < 4.78 is 14.2. The molecule has 1 aliphatic carbocycles. The van der Waals surface area contributed by atoms with E-state index in [0.29, 0.717) is 22.4 Å². The number of carbonyl (C=O) groups is 1. The number of benzene rings is 1. The molecule has 0 spiro atoms. The monoisotopic (exact) mass is 365 g/mol. The highest BCUT2D eigenvalue weighted by atomic mass is 35.5. The average molecular weight is 366 g/mol. The van der Waals surface area contributed by atoms with Crippen LogP contribution >= 0.6 is 11.6 Å². The number of carbonyl (C=O) groups excluding carboxylic acids is 1. The van der Waals surface area contributed by atoms with Gasteiger partial charge in [0.05, 0.1) is 12.6 Å². The zero-order valence-electron chi connectivity index (χ0n) is 14.8. The molecular formula is C19H25ClFN3O. The molecule has 3 atom stereocenters. The number of rotatable bonds is 6. The second-order valence-electron chi connectivity index (χ2n) is 6.87. The van der Waals surface area contributed by atoms with Crippen LogP contribution in [0.3, 0.4) is 0 Å². The van der Waals surface area contributed by atoms with Gasteiger partial charge in [-0.15, -0.1) is 0 Å². The molecule has 0 aliphatic heterocycles.